The van der Waals surface area contributed by atoms with Crippen molar-refractivity contribution in [3.05, 3.63) is 0 Å². The van der Waals surface area contributed by atoms with Gasteiger partial charge in [-0.05, 0) is 7.05 Å². The van der Waals surface area contributed by atoms with Crippen LogP contribution in [0.1, 0.15) is 0 Å². The molecule has 2 fully saturated rings. The van der Waals surface area contributed by atoms with E-state index in [-0.39, 0.29) is 24.8 Å². The van der Waals surface area contributed by atoms with Gasteiger partial charge in [-0.15, -0.1) is 24.8 Å². The molecule has 2 aliphatic heterocycles. The highest BCUT2D eigenvalue weighted by Gasteiger charge is 2.43. The lowest BCUT2D eigenvalue weighted by molar-refractivity contribution is -0.139. The molecular formula is C7H16Cl2N2O. The van der Waals surface area contributed by atoms with Crippen LogP contribution in [0.4, 0.5) is 0 Å². The van der Waals surface area contributed by atoms with E-state index in [2.05, 4.69) is 17.3 Å². The monoisotopic (exact) mass is 214 g/mol. The molecule has 0 radical (unpaired) electrons. The van der Waals surface area contributed by atoms with Gasteiger partial charge in [-0.1, -0.05) is 0 Å². The second kappa shape index (κ2) is 4.63. The molecule has 0 unspecified atom stereocenters. The van der Waals surface area contributed by atoms with Crippen LogP contribution >= 0.6 is 24.8 Å². The Morgan fingerprint density at radius 2 is 2.00 bits per heavy atom. The predicted molar refractivity (Wildman–Crippen MR) is 53.5 cm³/mol. The summed E-state index contributed by atoms with van der Waals surface area (Å²) < 4.78 is 5.20. The largest absolute Gasteiger partial charge is 0.377 e. The van der Waals surface area contributed by atoms with Crippen molar-refractivity contribution in [1.82, 2.24) is 10.2 Å². The number of piperazine rings is 1. The molecule has 74 valence electrons. The number of ether oxygens (including phenoxy) is 1. The van der Waals surface area contributed by atoms with Crippen molar-refractivity contribution in [3.8, 4) is 0 Å². The minimum atomic E-state index is 0. The van der Waals surface area contributed by atoms with Gasteiger partial charge in [0.25, 0.3) is 0 Å². The predicted octanol–water partition coefficient (Wildman–Crippen LogP) is 0.134. The van der Waals surface area contributed by atoms with Crippen molar-refractivity contribution >= 4 is 24.8 Å². The first kappa shape index (κ1) is 12.5. The summed E-state index contributed by atoms with van der Waals surface area (Å²) in [7, 11) is 2.18. The van der Waals surface area contributed by atoms with Crippen molar-refractivity contribution in [2.75, 3.05) is 39.9 Å². The van der Waals surface area contributed by atoms with Crippen molar-refractivity contribution in [2.24, 2.45) is 0 Å². The summed E-state index contributed by atoms with van der Waals surface area (Å²) in [6, 6.07) is 0. The molecule has 2 rings (SSSR count). The Morgan fingerprint density at radius 3 is 2.33 bits per heavy atom. The summed E-state index contributed by atoms with van der Waals surface area (Å²) in [6.07, 6.45) is 0. The van der Waals surface area contributed by atoms with Crippen LogP contribution in [0.15, 0.2) is 0 Å². The molecule has 0 amide bonds. The minimum absolute atomic E-state index is 0. The van der Waals surface area contributed by atoms with E-state index in [1.54, 1.807) is 0 Å². The summed E-state index contributed by atoms with van der Waals surface area (Å²) in [5.41, 5.74) is 0.359. The van der Waals surface area contributed by atoms with Crippen molar-refractivity contribution in [3.63, 3.8) is 0 Å². The van der Waals surface area contributed by atoms with Gasteiger partial charge < -0.3 is 10.1 Å². The third kappa shape index (κ3) is 1.86. The van der Waals surface area contributed by atoms with Gasteiger partial charge in [0.1, 0.15) is 0 Å². The molecule has 0 aromatic heterocycles. The molecule has 2 saturated heterocycles. The second-order valence-electron chi connectivity index (χ2n) is 3.32. The SMILES string of the molecule is CN1CCNCC12COC2.Cl.Cl. The Bertz CT molecular complexity index is 141. The van der Waals surface area contributed by atoms with Crippen molar-refractivity contribution < 1.29 is 4.74 Å². The number of nitrogens with one attached hydrogen (secondary N) is 1. The molecule has 3 nitrogen and oxygen atoms in total. The number of nitrogens with zero attached hydrogens (tertiary/aromatic N) is 1. The number of hydrogen-bond donors (Lipinski definition) is 1. The van der Waals surface area contributed by atoms with Gasteiger partial charge in [-0.25, -0.2) is 0 Å². The fraction of sp³-hybridized carbons (Fsp3) is 1.00. The molecule has 2 heterocycles. The Hall–Kier alpha value is 0.460. The zero-order chi connectivity index (χ0) is 7.03. The Morgan fingerprint density at radius 1 is 1.33 bits per heavy atom. The standard InChI is InChI=1S/C7H14N2O.2ClH/c1-9-3-2-8-4-7(9)5-10-6-7;;/h8H,2-6H2,1H3;2*1H. The Labute approximate surface area is 85.6 Å². The van der Waals surface area contributed by atoms with Crippen LogP contribution < -0.4 is 5.32 Å². The van der Waals surface area contributed by atoms with Crippen LogP contribution in [0.5, 0.6) is 0 Å². The number of hydrogen-bond acceptors (Lipinski definition) is 3. The second-order valence-corrected chi connectivity index (χ2v) is 3.32. The Kier molecular flexibility index (Phi) is 4.81. The van der Waals surface area contributed by atoms with Gasteiger partial charge in [0.2, 0.25) is 0 Å². The fourth-order valence-electron chi connectivity index (χ4n) is 1.60. The van der Waals surface area contributed by atoms with E-state index < -0.39 is 0 Å². The van der Waals surface area contributed by atoms with E-state index in [4.69, 9.17) is 4.74 Å². The van der Waals surface area contributed by atoms with E-state index in [0.717, 1.165) is 32.8 Å². The smallest absolute Gasteiger partial charge is 0.0802 e. The average molecular weight is 215 g/mol. The first-order valence-corrected chi connectivity index (χ1v) is 3.83. The number of likely N-dealkylation sites (N-methyl/N-ethyl adjacent to an activating group) is 1. The first-order chi connectivity index (χ1) is 4.83. The van der Waals surface area contributed by atoms with Crippen LogP contribution in [-0.4, -0.2) is 50.3 Å². The zero-order valence-electron chi connectivity index (χ0n) is 7.21. The highest BCUT2D eigenvalue weighted by atomic mass is 35.5. The maximum Gasteiger partial charge on any atom is 0.0802 e. The topological polar surface area (TPSA) is 24.5 Å². The number of rotatable bonds is 0. The summed E-state index contributed by atoms with van der Waals surface area (Å²) in [6.45, 7) is 5.21. The molecular weight excluding hydrogens is 199 g/mol. The lowest BCUT2D eigenvalue weighted by atomic mass is 9.93. The van der Waals surface area contributed by atoms with Gasteiger partial charge in [0.05, 0.1) is 18.8 Å². The molecule has 0 atom stereocenters. The van der Waals surface area contributed by atoms with Gasteiger partial charge in [0, 0.05) is 19.6 Å². The molecule has 0 aliphatic carbocycles. The lowest BCUT2D eigenvalue weighted by Gasteiger charge is -2.51. The van der Waals surface area contributed by atoms with Crippen molar-refractivity contribution in [1.29, 1.82) is 0 Å². The van der Waals surface area contributed by atoms with Crippen LogP contribution in [0.2, 0.25) is 0 Å². The fourth-order valence-corrected chi connectivity index (χ4v) is 1.60. The summed E-state index contributed by atoms with van der Waals surface area (Å²) in [5.74, 6) is 0. The average Bonchev–Trinajstić information content (AvgIpc) is 1.85. The van der Waals surface area contributed by atoms with E-state index in [0.29, 0.717) is 5.54 Å². The van der Waals surface area contributed by atoms with Gasteiger partial charge in [-0.3, -0.25) is 4.90 Å². The molecule has 5 heteroatoms. The highest BCUT2D eigenvalue weighted by molar-refractivity contribution is 5.85. The van der Waals surface area contributed by atoms with Crippen LogP contribution in [0.3, 0.4) is 0 Å². The van der Waals surface area contributed by atoms with E-state index in [1.165, 1.54) is 0 Å². The third-order valence-electron chi connectivity index (χ3n) is 2.63. The zero-order valence-corrected chi connectivity index (χ0v) is 8.84. The van der Waals surface area contributed by atoms with Crippen LogP contribution in [-0.2, 0) is 4.74 Å². The maximum absolute atomic E-state index is 5.20. The van der Waals surface area contributed by atoms with E-state index in [9.17, 15) is 0 Å². The molecule has 0 aromatic carbocycles. The van der Waals surface area contributed by atoms with Crippen LogP contribution in [0, 0.1) is 0 Å². The van der Waals surface area contributed by atoms with Gasteiger partial charge >= 0.3 is 0 Å². The summed E-state index contributed by atoms with van der Waals surface area (Å²) in [4.78, 5) is 2.41. The van der Waals surface area contributed by atoms with Crippen molar-refractivity contribution in [2.45, 2.75) is 5.54 Å². The van der Waals surface area contributed by atoms with E-state index in [1.807, 2.05) is 0 Å². The van der Waals surface area contributed by atoms with Crippen LogP contribution in [0.25, 0.3) is 0 Å². The van der Waals surface area contributed by atoms with Gasteiger partial charge in [0.15, 0.2) is 0 Å². The summed E-state index contributed by atoms with van der Waals surface area (Å²) in [5, 5.41) is 3.39. The molecule has 0 bridgehead atoms. The maximum atomic E-state index is 5.20. The number of halogens is 2. The molecule has 12 heavy (non-hydrogen) atoms. The quantitative estimate of drug-likeness (QED) is 0.621. The molecule has 0 saturated carbocycles. The lowest BCUT2D eigenvalue weighted by Crippen LogP contribution is -2.69. The first-order valence-electron chi connectivity index (χ1n) is 3.83. The van der Waals surface area contributed by atoms with Gasteiger partial charge in [-0.2, -0.15) is 0 Å². The molecule has 1 N–H and O–H groups in total. The minimum Gasteiger partial charge on any atom is -0.377 e. The third-order valence-corrected chi connectivity index (χ3v) is 2.63. The molecule has 2 aliphatic rings. The summed E-state index contributed by atoms with van der Waals surface area (Å²) >= 11 is 0. The highest BCUT2D eigenvalue weighted by Crippen LogP contribution is 2.24. The van der Waals surface area contributed by atoms with E-state index >= 15 is 0 Å². The normalized spacial score (nSPS) is 26.8. The Balaban J connectivity index is 0.000000605. The molecule has 1 spiro atoms. The molecule has 0 aromatic rings.